The highest BCUT2D eigenvalue weighted by Crippen LogP contribution is 2.20. The van der Waals surface area contributed by atoms with Crippen LogP contribution in [0.25, 0.3) is 10.9 Å². The summed E-state index contributed by atoms with van der Waals surface area (Å²) in [4.78, 5) is 13.6. The fourth-order valence-corrected chi connectivity index (χ4v) is 1.74. The monoisotopic (exact) mass is 231 g/mol. The van der Waals surface area contributed by atoms with Crippen LogP contribution in [-0.4, -0.2) is 34.7 Å². The standard InChI is InChI=1S/C13H17N3O/c1-9(2)16-8-10-6-5-7-11(12(10)14-16)13(17)15(3)4/h5-9H,1-4H3. The van der Waals surface area contributed by atoms with Crippen molar-refractivity contribution in [3.05, 3.63) is 30.0 Å². The average Bonchev–Trinajstić information content (AvgIpc) is 2.71. The van der Waals surface area contributed by atoms with Crippen molar-refractivity contribution in [1.29, 1.82) is 0 Å². The molecule has 1 aromatic carbocycles. The first-order chi connectivity index (χ1) is 8.00. The van der Waals surface area contributed by atoms with Crippen molar-refractivity contribution in [3.63, 3.8) is 0 Å². The number of amides is 1. The van der Waals surface area contributed by atoms with Crippen molar-refractivity contribution >= 4 is 16.8 Å². The molecule has 0 aliphatic rings. The van der Waals surface area contributed by atoms with E-state index in [1.54, 1.807) is 19.0 Å². The van der Waals surface area contributed by atoms with Gasteiger partial charge >= 0.3 is 0 Å². The third-order valence-electron chi connectivity index (χ3n) is 2.72. The molecule has 1 aromatic heterocycles. The zero-order chi connectivity index (χ0) is 12.6. The van der Waals surface area contributed by atoms with Gasteiger partial charge in [-0.15, -0.1) is 0 Å². The minimum absolute atomic E-state index is 0.00962. The molecule has 0 aliphatic heterocycles. The van der Waals surface area contributed by atoms with E-state index >= 15 is 0 Å². The Bertz CT molecular complexity index is 555. The molecule has 2 aromatic rings. The molecule has 1 amide bonds. The van der Waals surface area contributed by atoms with Crippen LogP contribution >= 0.6 is 0 Å². The van der Waals surface area contributed by atoms with Gasteiger partial charge in [-0.2, -0.15) is 5.10 Å². The Kier molecular flexibility index (Phi) is 2.88. The van der Waals surface area contributed by atoms with E-state index in [-0.39, 0.29) is 5.91 Å². The molecule has 0 fully saturated rings. The molecule has 0 bridgehead atoms. The van der Waals surface area contributed by atoms with Gasteiger partial charge in [-0.25, -0.2) is 0 Å². The maximum atomic E-state index is 12.0. The number of hydrogen-bond acceptors (Lipinski definition) is 2. The molecule has 0 saturated heterocycles. The second-order valence-corrected chi connectivity index (χ2v) is 4.65. The fraction of sp³-hybridized carbons (Fsp3) is 0.385. The highest BCUT2D eigenvalue weighted by molar-refractivity contribution is 6.05. The van der Waals surface area contributed by atoms with E-state index in [9.17, 15) is 4.79 Å². The summed E-state index contributed by atoms with van der Waals surface area (Å²) in [7, 11) is 3.50. The van der Waals surface area contributed by atoms with E-state index in [1.807, 2.05) is 29.1 Å². The van der Waals surface area contributed by atoms with Crippen LogP contribution in [0.5, 0.6) is 0 Å². The van der Waals surface area contributed by atoms with E-state index in [1.165, 1.54) is 0 Å². The summed E-state index contributed by atoms with van der Waals surface area (Å²) < 4.78 is 1.89. The number of hydrogen-bond donors (Lipinski definition) is 0. The molecule has 0 spiro atoms. The lowest BCUT2D eigenvalue weighted by Crippen LogP contribution is -2.21. The first-order valence-electron chi connectivity index (χ1n) is 5.70. The van der Waals surface area contributed by atoms with Crippen LogP contribution in [0.1, 0.15) is 30.2 Å². The van der Waals surface area contributed by atoms with Gasteiger partial charge in [0.2, 0.25) is 0 Å². The summed E-state index contributed by atoms with van der Waals surface area (Å²) in [6.45, 7) is 4.14. The Hall–Kier alpha value is -1.84. The van der Waals surface area contributed by atoms with E-state index in [0.717, 1.165) is 10.9 Å². The van der Waals surface area contributed by atoms with E-state index in [4.69, 9.17) is 0 Å². The summed E-state index contributed by atoms with van der Waals surface area (Å²) >= 11 is 0. The normalized spacial score (nSPS) is 11.1. The zero-order valence-electron chi connectivity index (χ0n) is 10.6. The molecular formula is C13H17N3O. The number of fused-ring (bicyclic) bond motifs is 1. The van der Waals surface area contributed by atoms with Gasteiger partial charge in [-0.1, -0.05) is 12.1 Å². The number of benzene rings is 1. The molecule has 4 heteroatoms. The smallest absolute Gasteiger partial charge is 0.255 e. The summed E-state index contributed by atoms with van der Waals surface area (Å²) in [5.74, 6) is -0.00962. The predicted octanol–water partition coefficient (Wildman–Crippen LogP) is 2.32. The molecule has 17 heavy (non-hydrogen) atoms. The lowest BCUT2D eigenvalue weighted by molar-refractivity contribution is 0.0829. The molecule has 0 saturated carbocycles. The topological polar surface area (TPSA) is 38.1 Å². The van der Waals surface area contributed by atoms with Crippen molar-refractivity contribution in [2.24, 2.45) is 0 Å². The molecule has 0 atom stereocenters. The Labute approximate surface area is 101 Å². The first-order valence-corrected chi connectivity index (χ1v) is 5.70. The number of carbonyl (C=O) groups excluding carboxylic acids is 1. The molecule has 0 unspecified atom stereocenters. The van der Waals surface area contributed by atoms with Crippen molar-refractivity contribution in [1.82, 2.24) is 14.7 Å². The van der Waals surface area contributed by atoms with Crippen molar-refractivity contribution in [2.75, 3.05) is 14.1 Å². The van der Waals surface area contributed by atoms with Crippen LogP contribution < -0.4 is 0 Å². The summed E-state index contributed by atoms with van der Waals surface area (Å²) in [5.41, 5.74) is 1.44. The maximum Gasteiger partial charge on any atom is 0.255 e. The van der Waals surface area contributed by atoms with Crippen molar-refractivity contribution in [2.45, 2.75) is 19.9 Å². The summed E-state index contributed by atoms with van der Waals surface area (Å²) in [5, 5.41) is 5.49. The quantitative estimate of drug-likeness (QED) is 0.795. The molecule has 1 heterocycles. The SMILES string of the molecule is CC(C)n1cc2cccc(C(=O)N(C)C)c2n1. The van der Waals surface area contributed by atoms with Gasteiger partial charge in [0.25, 0.3) is 5.91 Å². The number of aromatic nitrogens is 2. The Morgan fingerprint density at radius 1 is 1.35 bits per heavy atom. The van der Waals surface area contributed by atoms with Gasteiger partial charge in [0.05, 0.1) is 5.56 Å². The van der Waals surface area contributed by atoms with Gasteiger partial charge < -0.3 is 4.90 Å². The fourth-order valence-electron chi connectivity index (χ4n) is 1.74. The van der Waals surface area contributed by atoms with E-state index < -0.39 is 0 Å². The van der Waals surface area contributed by atoms with E-state index in [0.29, 0.717) is 11.6 Å². The second-order valence-electron chi connectivity index (χ2n) is 4.65. The Morgan fingerprint density at radius 3 is 2.65 bits per heavy atom. The van der Waals surface area contributed by atoms with Crippen molar-refractivity contribution in [3.8, 4) is 0 Å². The average molecular weight is 231 g/mol. The zero-order valence-corrected chi connectivity index (χ0v) is 10.6. The van der Waals surface area contributed by atoms with Crippen LogP contribution in [0.15, 0.2) is 24.4 Å². The molecule has 0 aliphatic carbocycles. The molecule has 90 valence electrons. The number of nitrogens with zero attached hydrogens (tertiary/aromatic N) is 3. The number of rotatable bonds is 2. The van der Waals surface area contributed by atoms with Crippen LogP contribution in [0.2, 0.25) is 0 Å². The van der Waals surface area contributed by atoms with Crippen LogP contribution in [-0.2, 0) is 0 Å². The van der Waals surface area contributed by atoms with Crippen molar-refractivity contribution < 1.29 is 4.79 Å². The van der Waals surface area contributed by atoms with E-state index in [2.05, 4.69) is 18.9 Å². The maximum absolute atomic E-state index is 12.0. The van der Waals surface area contributed by atoms with Gasteiger partial charge in [0.1, 0.15) is 5.52 Å². The molecular weight excluding hydrogens is 214 g/mol. The Morgan fingerprint density at radius 2 is 2.06 bits per heavy atom. The summed E-state index contributed by atoms with van der Waals surface area (Å²) in [6, 6.07) is 5.99. The minimum atomic E-state index is -0.00962. The number of carbonyl (C=O) groups is 1. The van der Waals surface area contributed by atoms with Gasteiger partial charge in [0.15, 0.2) is 0 Å². The second kappa shape index (κ2) is 4.20. The molecule has 4 nitrogen and oxygen atoms in total. The predicted molar refractivity (Wildman–Crippen MR) is 68.1 cm³/mol. The van der Waals surface area contributed by atoms with Gasteiger partial charge in [0, 0.05) is 31.7 Å². The molecule has 0 radical (unpaired) electrons. The van der Waals surface area contributed by atoms with Crippen LogP contribution in [0.4, 0.5) is 0 Å². The van der Waals surface area contributed by atoms with Crippen LogP contribution in [0, 0.1) is 0 Å². The first kappa shape index (κ1) is 11.6. The highest BCUT2D eigenvalue weighted by Gasteiger charge is 2.14. The minimum Gasteiger partial charge on any atom is -0.345 e. The third kappa shape index (κ3) is 2.02. The van der Waals surface area contributed by atoms with Gasteiger partial charge in [-0.05, 0) is 19.9 Å². The largest absolute Gasteiger partial charge is 0.345 e. The van der Waals surface area contributed by atoms with Crippen LogP contribution in [0.3, 0.4) is 0 Å². The third-order valence-corrected chi connectivity index (χ3v) is 2.72. The van der Waals surface area contributed by atoms with Gasteiger partial charge in [-0.3, -0.25) is 9.48 Å². The Balaban J connectivity index is 2.61. The highest BCUT2D eigenvalue weighted by atomic mass is 16.2. The summed E-state index contributed by atoms with van der Waals surface area (Å²) in [6.07, 6.45) is 1.98. The lowest BCUT2D eigenvalue weighted by atomic mass is 10.1. The lowest BCUT2D eigenvalue weighted by Gasteiger charge is -2.10. The molecule has 2 rings (SSSR count). The molecule has 0 N–H and O–H groups in total.